The molecule has 0 N–H and O–H groups in total. The van der Waals surface area contributed by atoms with Gasteiger partial charge >= 0.3 is 0 Å². The summed E-state index contributed by atoms with van der Waals surface area (Å²) < 4.78 is 0. The molecule has 0 saturated heterocycles. The van der Waals surface area contributed by atoms with Gasteiger partial charge in [-0.05, 0) is 113 Å². The van der Waals surface area contributed by atoms with Gasteiger partial charge in [-0.25, -0.2) is 0 Å². The van der Waals surface area contributed by atoms with E-state index in [0.29, 0.717) is 11.6 Å². The van der Waals surface area contributed by atoms with E-state index in [4.69, 9.17) is 0 Å². The van der Waals surface area contributed by atoms with Crippen LogP contribution < -0.4 is 0 Å². The van der Waals surface area contributed by atoms with Gasteiger partial charge in [-0.15, -0.1) is 0 Å². The van der Waals surface area contributed by atoms with E-state index in [1.165, 1.54) is 128 Å². The van der Waals surface area contributed by atoms with E-state index >= 15 is 0 Å². The summed E-state index contributed by atoms with van der Waals surface area (Å²) in [6, 6.07) is 0. The molecule has 0 radical (unpaired) electrons. The normalized spacial score (nSPS) is 39.1. The molecule has 5 rings (SSSR count). The highest BCUT2D eigenvalue weighted by molar-refractivity contribution is 6.30. The van der Waals surface area contributed by atoms with Crippen molar-refractivity contribution in [2.45, 2.75) is 194 Å². The molecule has 0 unspecified atom stereocenters. The molecule has 2 spiro atoms. The van der Waals surface area contributed by atoms with Crippen LogP contribution in [0.1, 0.15) is 194 Å². The summed E-state index contributed by atoms with van der Waals surface area (Å²) in [4.78, 5) is 27.8. The van der Waals surface area contributed by atoms with Gasteiger partial charge in [0.2, 0.25) is 0 Å². The number of carbonyl (C=O) groups excluding carboxylic acids is 2. The highest BCUT2D eigenvalue weighted by atomic mass is 16.2. The largest absolute Gasteiger partial charge is 0.297 e. The summed E-state index contributed by atoms with van der Waals surface area (Å²) in [7, 11) is 0. The zero-order valence-corrected chi connectivity index (χ0v) is 28.1. The van der Waals surface area contributed by atoms with E-state index in [1.54, 1.807) is 0 Å². The van der Waals surface area contributed by atoms with E-state index < -0.39 is 10.8 Å². The van der Waals surface area contributed by atoms with Crippen LogP contribution in [0.15, 0.2) is 0 Å². The Labute approximate surface area is 260 Å². The number of unbranched alkanes of at least 4 members (excludes halogenated alkanes) is 8. The highest BCUT2D eigenvalue weighted by Gasteiger charge is 2.71. The Morgan fingerprint density at radius 1 is 0.429 bits per heavy atom. The van der Waals surface area contributed by atoms with Crippen molar-refractivity contribution in [3.63, 3.8) is 0 Å². The first-order chi connectivity index (χ1) is 20.5. The molecule has 0 heterocycles. The molecule has 5 aliphatic rings. The first kappa shape index (κ1) is 32.7. The van der Waals surface area contributed by atoms with E-state index in [9.17, 15) is 9.59 Å². The number of hydrogen-bond acceptors (Lipinski definition) is 2. The minimum Gasteiger partial charge on any atom is -0.297 e. The number of ketones is 2. The molecule has 0 atom stereocenters. The van der Waals surface area contributed by atoms with Crippen LogP contribution in [0.3, 0.4) is 0 Å². The lowest BCUT2D eigenvalue weighted by Crippen LogP contribution is -2.68. The lowest BCUT2D eigenvalue weighted by atomic mass is 9.41. The van der Waals surface area contributed by atoms with Crippen LogP contribution in [0.4, 0.5) is 0 Å². The van der Waals surface area contributed by atoms with Crippen molar-refractivity contribution in [3.05, 3.63) is 0 Å². The Balaban J connectivity index is 0.994. The second kappa shape index (κ2) is 15.6. The van der Waals surface area contributed by atoms with Crippen LogP contribution in [-0.2, 0) is 9.59 Å². The average molecular weight is 581 g/mol. The standard InChI is InChI=1S/C40H68O2/c1-3-5-7-9-11-13-31-15-19-33(20-16-31)35-23-27-39(28-24-35)37(41)40(38(39)42)29-25-36(26-30-40)34-21-17-32(18-22-34)14-12-10-8-6-4-2/h31-36H,3-30H2,1-2H3. The first-order valence-electron chi connectivity index (χ1n) is 19.6. The zero-order chi connectivity index (χ0) is 29.4. The van der Waals surface area contributed by atoms with Gasteiger partial charge in [0.1, 0.15) is 0 Å². The average Bonchev–Trinajstić information content (AvgIpc) is 3.05. The number of Topliss-reactive ketones (excluding diaryl/α,β-unsaturated/α-hetero) is 2. The Hall–Kier alpha value is -0.660. The van der Waals surface area contributed by atoms with Gasteiger partial charge in [0.05, 0.1) is 10.8 Å². The van der Waals surface area contributed by atoms with E-state index in [-0.39, 0.29) is 0 Å². The molecule has 42 heavy (non-hydrogen) atoms. The van der Waals surface area contributed by atoms with Crippen LogP contribution in [0.25, 0.3) is 0 Å². The maximum Gasteiger partial charge on any atom is 0.159 e. The number of carbonyl (C=O) groups is 2. The smallest absolute Gasteiger partial charge is 0.159 e. The van der Waals surface area contributed by atoms with Gasteiger partial charge in [0.25, 0.3) is 0 Å². The predicted octanol–water partition coefficient (Wildman–Crippen LogP) is 11.8. The Kier molecular flexibility index (Phi) is 12.1. The minimum atomic E-state index is -0.547. The third-order valence-electron chi connectivity index (χ3n) is 14.1. The summed E-state index contributed by atoms with van der Waals surface area (Å²) in [6.45, 7) is 4.60. The van der Waals surface area contributed by atoms with Gasteiger partial charge in [-0.3, -0.25) is 9.59 Å². The van der Waals surface area contributed by atoms with Gasteiger partial charge in [0, 0.05) is 0 Å². The molecule has 0 aromatic rings. The summed E-state index contributed by atoms with van der Waals surface area (Å²) >= 11 is 0. The van der Waals surface area contributed by atoms with Crippen molar-refractivity contribution in [1.82, 2.24) is 0 Å². The molecule has 0 aromatic heterocycles. The molecule has 2 nitrogen and oxygen atoms in total. The SMILES string of the molecule is CCCCCCCC1CCC(C2CCC3(CC2)C(=O)C2(CCC(C4CCC(CCCCCCC)CC4)CC2)C3=O)CC1. The van der Waals surface area contributed by atoms with E-state index in [2.05, 4.69) is 13.8 Å². The van der Waals surface area contributed by atoms with Crippen LogP contribution in [-0.4, -0.2) is 11.6 Å². The maximum absolute atomic E-state index is 13.9. The fourth-order valence-electron chi connectivity index (χ4n) is 11.1. The van der Waals surface area contributed by atoms with Crippen molar-refractivity contribution in [2.75, 3.05) is 0 Å². The summed E-state index contributed by atoms with van der Waals surface area (Å²) in [6.07, 6.45) is 36.5. The summed E-state index contributed by atoms with van der Waals surface area (Å²) in [5.74, 6) is 6.05. The van der Waals surface area contributed by atoms with Crippen molar-refractivity contribution >= 4 is 11.6 Å². The zero-order valence-electron chi connectivity index (χ0n) is 28.1. The van der Waals surface area contributed by atoms with Crippen molar-refractivity contribution in [1.29, 1.82) is 0 Å². The van der Waals surface area contributed by atoms with Crippen LogP contribution >= 0.6 is 0 Å². The molecule has 2 heteroatoms. The molecule has 0 aromatic carbocycles. The Bertz CT molecular complexity index is 740. The van der Waals surface area contributed by atoms with Gasteiger partial charge < -0.3 is 0 Å². The van der Waals surface area contributed by atoms with E-state index in [1.807, 2.05) is 0 Å². The first-order valence-corrected chi connectivity index (χ1v) is 19.6. The van der Waals surface area contributed by atoms with Crippen molar-refractivity contribution in [3.8, 4) is 0 Å². The molecular weight excluding hydrogens is 512 g/mol. The quantitative estimate of drug-likeness (QED) is 0.151. The minimum absolute atomic E-state index is 0.412. The monoisotopic (exact) mass is 581 g/mol. The molecule has 5 saturated carbocycles. The highest BCUT2D eigenvalue weighted by Crippen LogP contribution is 2.63. The second-order valence-electron chi connectivity index (χ2n) is 16.5. The summed E-state index contributed by atoms with van der Waals surface area (Å²) in [5, 5.41) is 0. The topological polar surface area (TPSA) is 34.1 Å². The third kappa shape index (κ3) is 7.25. The van der Waals surface area contributed by atoms with E-state index in [0.717, 1.165) is 86.9 Å². The summed E-state index contributed by atoms with van der Waals surface area (Å²) in [5.41, 5.74) is -1.09. The molecule has 5 fully saturated rings. The van der Waals surface area contributed by atoms with Crippen molar-refractivity contribution in [2.24, 2.45) is 46.3 Å². The second-order valence-corrected chi connectivity index (χ2v) is 16.5. The molecule has 5 aliphatic carbocycles. The third-order valence-corrected chi connectivity index (χ3v) is 14.1. The van der Waals surface area contributed by atoms with Crippen LogP contribution in [0.5, 0.6) is 0 Å². The molecule has 0 bridgehead atoms. The number of rotatable bonds is 14. The lowest BCUT2D eigenvalue weighted by Gasteiger charge is -2.58. The Morgan fingerprint density at radius 3 is 1.07 bits per heavy atom. The Morgan fingerprint density at radius 2 is 0.738 bits per heavy atom. The maximum atomic E-state index is 13.9. The predicted molar refractivity (Wildman–Crippen MR) is 176 cm³/mol. The van der Waals surface area contributed by atoms with Crippen LogP contribution in [0, 0.1) is 46.3 Å². The molecule has 240 valence electrons. The van der Waals surface area contributed by atoms with Crippen LogP contribution in [0.2, 0.25) is 0 Å². The number of hydrogen-bond donors (Lipinski definition) is 0. The molecular formula is C40H68O2. The molecule has 0 aliphatic heterocycles. The van der Waals surface area contributed by atoms with Gasteiger partial charge in [-0.2, -0.15) is 0 Å². The fraction of sp³-hybridized carbons (Fsp3) is 0.950. The molecule has 0 amide bonds. The van der Waals surface area contributed by atoms with Gasteiger partial charge in [-0.1, -0.05) is 117 Å². The lowest BCUT2D eigenvalue weighted by molar-refractivity contribution is -0.179. The van der Waals surface area contributed by atoms with Crippen molar-refractivity contribution < 1.29 is 9.59 Å². The fourth-order valence-corrected chi connectivity index (χ4v) is 11.1. The van der Waals surface area contributed by atoms with Gasteiger partial charge in [0.15, 0.2) is 11.6 Å².